The molecule has 0 unspecified atom stereocenters. The summed E-state index contributed by atoms with van der Waals surface area (Å²) in [6, 6.07) is 12.1. The highest BCUT2D eigenvalue weighted by atomic mass is 16.2. The van der Waals surface area contributed by atoms with Gasteiger partial charge in [-0.2, -0.15) is 10.2 Å². The van der Waals surface area contributed by atoms with E-state index in [2.05, 4.69) is 39.4 Å². The van der Waals surface area contributed by atoms with Crippen LogP contribution >= 0.6 is 0 Å². The molecule has 0 bridgehead atoms. The summed E-state index contributed by atoms with van der Waals surface area (Å²) in [6.07, 6.45) is 11.4. The van der Waals surface area contributed by atoms with Crippen molar-refractivity contribution < 1.29 is 4.79 Å². The van der Waals surface area contributed by atoms with Crippen LogP contribution in [-0.2, 0) is 0 Å². The third kappa shape index (κ3) is 3.64. The Hall–Kier alpha value is -4.27. The van der Waals surface area contributed by atoms with Gasteiger partial charge in [-0.05, 0) is 68.7 Å². The lowest BCUT2D eigenvalue weighted by Gasteiger charge is -2.57. The molecule has 38 heavy (non-hydrogen) atoms. The molecule has 4 heterocycles. The van der Waals surface area contributed by atoms with Gasteiger partial charge in [-0.15, -0.1) is 0 Å². The van der Waals surface area contributed by atoms with E-state index in [0.717, 1.165) is 53.5 Å². The van der Waals surface area contributed by atoms with Crippen LogP contribution in [0.2, 0.25) is 0 Å². The second-order valence-electron chi connectivity index (χ2n) is 11.3. The number of H-pyrrole nitrogens is 1. The van der Waals surface area contributed by atoms with E-state index >= 15 is 0 Å². The number of fused-ring (bicyclic) bond motifs is 2. The molecule has 9 nitrogen and oxygen atoms in total. The van der Waals surface area contributed by atoms with Gasteiger partial charge in [-0.25, -0.2) is 10.1 Å². The monoisotopic (exact) mass is 507 g/mol. The SMILES string of the molecule is CC(C)n1cc(-c2ccn3c(C(=O)N[C@H]4CC5(C4)C[C@H](c4n[nH]c(=O)c6ccccc64)C5)cnc3c2)cn1. The molecule has 0 saturated heterocycles. The molecule has 2 saturated carbocycles. The summed E-state index contributed by atoms with van der Waals surface area (Å²) in [5.74, 6) is 0.246. The van der Waals surface area contributed by atoms with Gasteiger partial charge >= 0.3 is 0 Å². The van der Waals surface area contributed by atoms with Crippen LogP contribution in [0.3, 0.4) is 0 Å². The maximum atomic E-state index is 13.1. The summed E-state index contributed by atoms with van der Waals surface area (Å²) in [4.78, 5) is 29.7. The summed E-state index contributed by atoms with van der Waals surface area (Å²) in [7, 11) is 0. The Labute approximate surface area is 218 Å². The van der Waals surface area contributed by atoms with Gasteiger partial charge in [0, 0.05) is 41.3 Å². The number of nitrogens with zero attached hydrogens (tertiary/aromatic N) is 5. The van der Waals surface area contributed by atoms with Crippen molar-refractivity contribution in [3.63, 3.8) is 0 Å². The van der Waals surface area contributed by atoms with Crippen LogP contribution in [-0.4, -0.2) is 41.3 Å². The Kier molecular flexibility index (Phi) is 5.04. The number of imidazole rings is 1. The van der Waals surface area contributed by atoms with Gasteiger partial charge in [0.05, 0.1) is 23.5 Å². The van der Waals surface area contributed by atoms with E-state index in [1.165, 1.54) is 0 Å². The van der Waals surface area contributed by atoms with Gasteiger partial charge in [-0.1, -0.05) is 18.2 Å². The predicted molar refractivity (Wildman–Crippen MR) is 144 cm³/mol. The van der Waals surface area contributed by atoms with Gasteiger partial charge in [-0.3, -0.25) is 18.7 Å². The zero-order valence-electron chi connectivity index (χ0n) is 21.4. The maximum Gasteiger partial charge on any atom is 0.272 e. The zero-order valence-corrected chi connectivity index (χ0v) is 21.4. The predicted octanol–water partition coefficient (Wildman–Crippen LogP) is 4.47. The molecule has 5 aromatic rings. The van der Waals surface area contributed by atoms with Crippen LogP contribution in [0.15, 0.2) is 66.0 Å². The van der Waals surface area contributed by atoms with Crippen molar-refractivity contribution in [1.29, 1.82) is 0 Å². The molecule has 2 aliphatic carbocycles. The summed E-state index contributed by atoms with van der Waals surface area (Å²) >= 11 is 0. The van der Waals surface area contributed by atoms with Crippen molar-refractivity contribution in [2.24, 2.45) is 5.41 Å². The minimum Gasteiger partial charge on any atom is -0.348 e. The molecule has 192 valence electrons. The molecule has 2 N–H and O–H groups in total. The number of carbonyl (C=O) groups is 1. The lowest BCUT2D eigenvalue weighted by Crippen LogP contribution is -2.55. The number of benzene rings is 1. The van der Waals surface area contributed by atoms with E-state index in [1.807, 2.05) is 64.1 Å². The number of carbonyl (C=O) groups excluding carboxylic acids is 1. The van der Waals surface area contributed by atoms with E-state index in [9.17, 15) is 9.59 Å². The first kappa shape index (κ1) is 22.9. The number of rotatable bonds is 5. The van der Waals surface area contributed by atoms with Crippen molar-refractivity contribution in [1.82, 2.24) is 34.7 Å². The first-order valence-corrected chi connectivity index (χ1v) is 13.2. The third-order valence-electron chi connectivity index (χ3n) is 8.37. The molecule has 0 atom stereocenters. The fourth-order valence-electron chi connectivity index (χ4n) is 6.40. The highest BCUT2D eigenvalue weighted by Crippen LogP contribution is 2.62. The molecule has 0 aliphatic heterocycles. The Morgan fingerprint density at radius 1 is 1.08 bits per heavy atom. The van der Waals surface area contributed by atoms with Crippen LogP contribution in [0.1, 0.15) is 67.7 Å². The summed E-state index contributed by atoms with van der Waals surface area (Å²) < 4.78 is 3.77. The van der Waals surface area contributed by atoms with E-state index in [4.69, 9.17) is 0 Å². The molecular weight excluding hydrogens is 478 g/mol. The quantitative estimate of drug-likeness (QED) is 0.365. The minimum absolute atomic E-state index is 0.0955. The first-order valence-electron chi connectivity index (χ1n) is 13.2. The summed E-state index contributed by atoms with van der Waals surface area (Å²) in [5, 5.41) is 16.3. The second kappa shape index (κ2) is 8.37. The third-order valence-corrected chi connectivity index (χ3v) is 8.37. The molecule has 1 amide bonds. The van der Waals surface area contributed by atoms with Gasteiger partial charge in [0.2, 0.25) is 0 Å². The fraction of sp³-hybridized carbons (Fsp3) is 0.345. The number of nitrogens with one attached hydrogen (secondary N) is 2. The molecule has 1 aromatic carbocycles. The van der Waals surface area contributed by atoms with E-state index in [0.29, 0.717) is 23.0 Å². The Balaban J connectivity index is 1.00. The van der Waals surface area contributed by atoms with Crippen LogP contribution in [0.5, 0.6) is 0 Å². The van der Waals surface area contributed by atoms with Crippen LogP contribution < -0.4 is 10.9 Å². The van der Waals surface area contributed by atoms with Gasteiger partial charge < -0.3 is 5.32 Å². The second-order valence-corrected chi connectivity index (χ2v) is 11.3. The van der Waals surface area contributed by atoms with E-state index in [1.54, 1.807) is 6.20 Å². The highest BCUT2D eigenvalue weighted by Gasteiger charge is 2.54. The molecule has 2 aliphatic rings. The van der Waals surface area contributed by atoms with Crippen molar-refractivity contribution in [3.05, 3.63) is 82.9 Å². The van der Waals surface area contributed by atoms with Gasteiger partial charge in [0.1, 0.15) is 11.3 Å². The average Bonchev–Trinajstić information content (AvgIpc) is 3.53. The smallest absolute Gasteiger partial charge is 0.272 e. The molecule has 2 fully saturated rings. The fourth-order valence-corrected chi connectivity index (χ4v) is 6.40. The van der Waals surface area contributed by atoms with Gasteiger partial charge in [0.15, 0.2) is 0 Å². The van der Waals surface area contributed by atoms with Crippen LogP contribution in [0.25, 0.3) is 27.5 Å². The minimum atomic E-state index is -0.143. The summed E-state index contributed by atoms with van der Waals surface area (Å²) in [5.41, 5.74) is 4.43. The lowest BCUT2D eigenvalue weighted by molar-refractivity contribution is -0.0197. The molecule has 7 rings (SSSR count). The first-order chi connectivity index (χ1) is 18.4. The summed E-state index contributed by atoms with van der Waals surface area (Å²) in [6.45, 7) is 4.19. The van der Waals surface area contributed by atoms with Crippen LogP contribution in [0.4, 0.5) is 0 Å². The largest absolute Gasteiger partial charge is 0.348 e. The van der Waals surface area contributed by atoms with Crippen molar-refractivity contribution in [3.8, 4) is 11.1 Å². The number of hydrogen-bond donors (Lipinski definition) is 2. The standard InChI is InChI=1S/C29H29N7O2/c1-17(2)36-16-20(14-31-36)18-7-8-35-24(15-30-25(35)9-18)28(38)32-21-12-29(13-21)10-19(11-29)26-22-5-3-4-6-23(22)27(37)34-33-26/h3-9,14-17,19,21H,10-13H2,1-2H3,(H,32,38)(H,34,37)/t19-,21-,29?. The topological polar surface area (TPSA) is 110 Å². The normalized spacial score (nSPS) is 22.6. The van der Waals surface area contributed by atoms with Crippen molar-refractivity contribution in [2.45, 2.75) is 57.5 Å². The lowest BCUT2D eigenvalue weighted by atomic mass is 9.49. The molecule has 0 radical (unpaired) electrons. The van der Waals surface area contributed by atoms with Crippen molar-refractivity contribution >= 4 is 22.3 Å². The number of amides is 1. The number of aromatic amines is 1. The molecule has 1 spiro atoms. The average molecular weight is 508 g/mol. The van der Waals surface area contributed by atoms with Crippen LogP contribution in [0, 0.1) is 5.41 Å². The Bertz CT molecular complexity index is 1750. The van der Waals surface area contributed by atoms with Crippen molar-refractivity contribution in [2.75, 3.05) is 0 Å². The Morgan fingerprint density at radius 3 is 2.63 bits per heavy atom. The Morgan fingerprint density at radius 2 is 1.87 bits per heavy atom. The van der Waals surface area contributed by atoms with E-state index < -0.39 is 0 Å². The van der Waals surface area contributed by atoms with Gasteiger partial charge in [0.25, 0.3) is 11.5 Å². The molecular formula is C29H29N7O2. The molecule has 4 aromatic heterocycles. The molecule has 9 heteroatoms. The highest BCUT2D eigenvalue weighted by molar-refractivity contribution is 5.93. The number of aromatic nitrogens is 6. The number of hydrogen-bond acceptors (Lipinski definition) is 5. The zero-order chi connectivity index (χ0) is 26.0. The number of pyridine rings is 1. The maximum absolute atomic E-state index is 13.1. The van der Waals surface area contributed by atoms with E-state index in [-0.39, 0.29) is 22.9 Å².